The van der Waals surface area contributed by atoms with Crippen molar-refractivity contribution < 1.29 is 9.59 Å². The molecule has 0 radical (unpaired) electrons. The Bertz CT molecular complexity index is 440. The third kappa shape index (κ3) is 4.38. The van der Waals surface area contributed by atoms with Gasteiger partial charge in [0.25, 0.3) is 0 Å². The summed E-state index contributed by atoms with van der Waals surface area (Å²) < 4.78 is 0. The first-order valence-corrected chi connectivity index (χ1v) is 8.59. The Morgan fingerprint density at radius 1 is 1.13 bits per heavy atom. The largest absolute Gasteiger partial charge is 0.340 e. The van der Waals surface area contributed by atoms with Crippen molar-refractivity contribution in [2.24, 2.45) is 17.1 Å². The molecule has 0 bridgehead atoms. The molecule has 2 rings (SSSR count). The number of amides is 2. The van der Waals surface area contributed by atoms with Crippen molar-refractivity contribution in [2.75, 3.05) is 19.6 Å². The van der Waals surface area contributed by atoms with E-state index in [0.29, 0.717) is 19.6 Å². The summed E-state index contributed by atoms with van der Waals surface area (Å²) in [5.41, 5.74) is 6.11. The molecule has 0 aromatic heterocycles. The highest BCUT2D eigenvalue weighted by atomic mass is 35.5. The van der Waals surface area contributed by atoms with Crippen molar-refractivity contribution in [3.05, 3.63) is 0 Å². The first-order valence-electron chi connectivity index (χ1n) is 8.59. The van der Waals surface area contributed by atoms with Crippen LogP contribution < -0.4 is 5.73 Å². The van der Waals surface area contributed by atoms with Crippen LogP contribution in [0.1, 0.15) is 53.4 Å². The first-order chi connectivity index (χ1) is 10.2. The van der Waals surface area contributed by atoms with Crippen LogP contribution in [0, 0.1) is 11.3 Å². The number of nitrogens with zero attached hydrogens (tertiary/aromatic N) is 2. The van der Waals surface area contributed by atoms with Crippen molar-refractivity contribution in [3.8, 4) is 0 Å². The highest BCUT2D eigenvalue weighted by molar-refractivity contribution is 5.88. The molecule has 2 amide bonds. The molecular formula is C17H32ClN3O2. The number of likely N-dealkylation sites (tertiary alicyclic amines) is 2. The minimum absolute atomic E-state index is 0. The lowest BCUT2D eigenvalue weighted by molar-refractivity contribution is -0.151. The fourth-order valence-corrected chi connectivity index (χ4v) is 3.56. The fourth-order valence-electron chi connectivity index (χ4n) is 3.56. The van der Waals surface area contributed by atoms with E-state index in [-0.39, 0.29) is 47.6 Å². The molecule has 2 N–H and O–H groups in total. The van der Waals surface area contributed by atoms with E-state index in [2.05, 4.69) is 13.8 Å². The number of piperidine rings is 2. The Labute approximate surface area is 146 Å². The van der Waals surface area contributed by atoms with Gasteiger partial charge in [0.05, 0.1) is 0 Å². The second kappa shape index (κ2) is 7.84. The molecule has 2 fully saturated rings. The molecular weight excluding hydrogens is 314 g/mol. The van der Waals surface area contributed by atoms with Crippen LogP contribution in [0.4, 0.5) is 0 Å². The third-order valence-electron chi connectivity index (χ3n) is 5.19. The summed E-state index contributed by atoms with van der Waals surface area (Å²) in [5.74, 6) is 0.166. The van der Waals surface area contributed by atoms with E-state index in [1.807, 2.05) is 23.6 Å². The number of halogens is 1. The van der Waals surface area contributed by atoms with E-state index in [1.54, 1.807) is 0 Å². The zero-order chi connectivity index (χ0) is 16.5. The standard InChI is InChI=1S/C17H31N3O2.ClH/c1-12(2)15(21)20-9-6-5-7-13(20)16(22)19-10-8-14(18)17(3,4)11-19;/h12-14H,5-11,18H2,1-4H3;1H. The number of hydrogen-bond donors (Lipinski definition) is 1. The summed E-state index contributed by atoms with van der Waals surface area (Å²) in [5, 5.41) is 0. The van der Waals surface area contributed by atoms with Gasteiger partial charge in [-0.25, -0.2) is 0 Å². The van der Waals surface area contributed by atoms with Crippen LogP contribution >= 0.6 is 12.4 Å². The molecule has 2 heterocycles. The number of hydrogen-bond acceptors (Lipinski definition) is 3. The molecule has 2 saturated heterocycles. The Balaban J connectivity index is 0.00000264. The van der Waals surface area contributed by atoms with Crippen LogP contribution in [0.25, 0.3) is 0 Å². The SMILES string of the molecule is CC(C)C(=O)N1CCCCC1C(=O)N1CCC(N)C(C)(C)C1.Cl. The van der Waals surface area contributed by atoms with Crippen molar-refractivity contribution >= 4 is 24.2 Å². The van der Waals surface area contributed by atoms with Gasteiger partial charge < -0.3 is 15.5 Å². The van der Waals surface area contributed by atoms with Crippen LogP contribution in [0.3, 0.4) is 0 Å². The molecule has 2 aliphatic heterocycles. The second-order valence-electron chi connectivity index (χ2n) is 7.84. The summed E-state index contributed by atoms with van der Waals surface area (Å²) in [6, 6.07) is -0.134. The van der Waals surface area contributed by atoms with E-state index < -0.39 is 0 Å². The van der Waals surface area contributed by atoms with Gasteiger partial charge in [0, 0.05) is 31.6 Å². The van der Waals surface area contributed by atoms with Crippen LogP contribution in [0.15, 0.2) is 0 Å². The molecule has 23 heavy (non-hydrogen) atoms. The maximum absolute atomic E-state index is 13.0. The summed E-state index contributed by atoms with van der Waals surface area (Å²) in [6.45, 7) is 10.2. The van der Waals surface area contributed by atoms with Gasteiger partial charge in [-0.3, -0.25) is 9.59 Å². The Morgan fingerprint density at radius 3 is 2.35 bits per heavy atom. The monoisotopic (exact) mass is 345 g/mol. The average Bonchev–Trinajstić information content (AvgIpc) is 2.48. The van der Waals surface area contributed by atoms with Gasteiger partial charge in [-0.15, -0.1) is 12.4 Å². The molecule has 5 nitrogen and oxygen atoms in total. The van der Waals surface area contributed by atoms with Crippen LogP contribution in [0.2, 0.25) is 0 Å². The smallest absolute Gasteiger partial charge is 0.245 e. The lowest BCUT2D eigenvalue weighted by atomic mass is 9.79. The highest BCUT2D eigenvalue weighted by Crippen LogP contribution is 2.30. The van der Waals surface area contributed by atoms with Gasteiger partial charge in [-0.05, 0) is 31.1 Å². The topological polar surface area (TPSA) is 66.6 Å². The van der Waals surface area contributed by atoms with E-state index in [9.17, 15) is 9.59 Å². The Hall–Kier alpha value is -0.810. The fraction of sp³-hybridized carbons (Fsp3) is 0.882. The normalized spacial score (nSPS) is 27.6. The first kappa shape index (κ1) is 20.2. The molecule has 2 unspecified atom stereocenters. The zero-order valence-electron chi connectivity index (χ0n) is 14.9. The molecule has 0 saturated carbocycles. The molecule has 0 aliphatic carbocycles. The van der Waals surface area contributed by atoms with E-state index in [1.165, 1.54) is 0 Å². The molecule has 0 spiro atoms. The number of carbonyl (C=O) groups is 2. The van der Waals surface area contributed by atoms with Crippen molar-refractivity contribution in [3.63, 3.8) is 0 Å². The summed E-state index contributed by atoms with van der Waals surface area (Å²) in [7, 11) is 0. The molecule has 0 aromatic rings. The number of nitrogens with two attached hydrogens (primary N) is 1. The van der Waals surface area contributed by atoms with E-state index in [0.717, 1.165) is 25.7 Å². The van der Waals surface area contributed by atoms with Crippen LogP contribution in [0.5, 0.6) is 0 Å². The molecule has 6 heteroatoms. The Kier molecular flexibility index (Phi) is 6.90. The maximum atomic E-state index is 13.0. The lowest BCUT2D eigenvalue weighted by Crippen LogP contribution is -2.59. The molecule has 2 aliphatic rings. The third-order valence-corrected chi connectivity index (χ3v) is 5.19. The summed E-state index contributed by atoms with van der Waals surface area (Å²) in [4.78, 5) is 29.1. The minimum Gasteiger partial charge on any atom is -0.340 e. The van der Waals surface area contributed by atoms with E-state index in [4.69, 9.17) is 5.73 Å². The quantitative estimate of drug-likeness (QED) is 0.832. The van der Waals surface area contributed by atoms with Gasteiger partial charge in [0.2, 0.25) is 11.8 Å². The summed E-state index contributed by atoms with van der Waals surface area (Å²) in [6.07, 6.45) is 3.65. The van der Waals surface area contributed by atoms with Gasteiger partial charge in [-0.1, -0.05) is 27.7 Å². The maximum Gasteiger partial charge on any atom is 0.245 e. The molecule has 134 valence electrons. The Morgan fingerprint density at radius 2 is 1.78 bits per heavy atom. The van der Waals surface area contributed by atoms with E-state index >= 15 is 0 Å². The van der Waals surface area contributed by atoms with Gasteiger partial charge in [0.1, 0.15) is 6.04 Å². The lowest BCUT2D eigenvalue weighted by Gasteiger charge is -2.45. The van der Waals surface area contributed by atoms with Crippen molar-refractivity contribution in [2.45, 2.75) is 65.5 Å². The van der Waals surface area contributed by atoms with Crippen LogP contribution in [-0.4, -0.2) is 53.3 Å². The number of rotatable bonds is 2. The van der Waals surface area contributed by atoms with Crippen molar-refractivity contribution in [1.29, 1.82) is 0 Å². The van der Waals surface area contributed by atoms with Gasteiger partial charge in [-0.2, -0.15) is 0 Å². The second-order valence-corrected chi connectivity index (χ2v) is 7.84. The zero-order valence-corrected chi connectivity index (χ0v) is 15.7. The summed E-state index contributed by atoms with van der Waals surface area (Å²) >= 11 is 0. The van der Waals surface area contributed by atoms with Gasteiger partial charge in [0.15, 0.2) is 0 Å². The predicted molar refractivity (Wildman–Crippen MR) is 94.4 cm³/mol. The van der Waals surface area contributed by atoms with Gasteiger partial charge >= 0.3 is 0 Å². The minimum atomic E-state index is -0.270. The molecule has 2 atom stereocenters. The van der Waals surface area contributed by atoms with Crippen LogP contribution in [-0.2, 0) is 9.59 Å². The molecule has 0 aromatic carbocycles. The van der Waals surface area contributed by atoms with Crippen molar-refractivity contribution in [1.82, 2.24) is 9.80 Å². The highest BCUT2D eigenvalue weighted by Gasteiger charge is 2.40. The average molecular weight is 346 g/mol. The predicted octanol–water partition coefficient (Wildman–Crippen LogP) is 2.03. The number of carbonyl (C=O) groups excluding carboxylic acids is 2.